The van der Waals surface area contributed by atoms with Crippen LogP contribution < -0.4 is 0 Å². The van der Waals surface area contributed by atoms with Gasteiger partial charge < -0.3 is 0 Å². The van der Waals surface area contributed by atoms with Gasteiger partial charge in [-0.15, -0.1) is 0 Å². The quantitative estimate of drug-likeness (QED) is 0.500. The first-order valence-corrected chi connectivity index (χ1v) is 9.67. The zero-order valence-electron chi connectivity index (χ0n) is 15.6. The van der Waals surface area contributed by atoms with Gasteiger partial charge in [0, 0.05) is 53.6 Å². The molecule has 1 aliphatic heterocycles. The Morgan fingerprint density at radius 2 is 1.76 bits per heavy atom. The van der Waals surface area contributed by atoms with Crippen LogP contribution in [0.1, 0.15) is 23.6 Å². The minimum atomic E-state index is 0.185. The van der Waals surface area contributed by atoms with Crippen molar-refractivity contribution >= 4 is 11.8 Å². The highest BCUT2D eigenvalue weighted by molar-refractivity contribution is 5.92. The van der Waals surface area contributed by atoms with E-state index in [9.17, 15) is 0 Å². The summed E-state index contributed by atoms with van der Waals surface area (Å²) in [5.41, 5.74) is 7.73. The largest absolute Gasteiger partial charge is 0.294 e. The minimum absolute atomic E-state index is 0.185. The Bertz CT molecular complexity index is 1270. The van der Waals surface area contributed by atoms with Crippen molar-refractivity contribution in [3.8, 4) is 28.3 Å². The predicted molar refractivity (Wildman–Crippen MR) is 114 cm³/mol. The minimum Gasteiger partial charge on any atom is -0.294 e. The van der Waals surface area contributed by atoms with E-state index in [1.54, 1.807) is 6.20 Å². The normalized spacial score (nSPS) is 16.6. The molecule has 5 nitrogen and oxygen atoms in total. The van der Waals surface area contributed by atoms with E-state index in [2.05, 4.69) is 43.8 Å². The van der Waals surface area contributed by atoms with Gasteiger partial charge in [-0.2, -0.15) is 0 Å². The molecule has 0 bridgehead atoms. The molecule has 0 radical (unpaired) electrons. The summed E-state index contributed by atoms with van der Waals surface area (Å²) in [6.45, 7) is 0. The molecule has 0 fully saturated rings. The molecule has 0 spiro atoms. The smallest absolute Gasteiger partial charge is 0.145 e. The lowest BCUT2D eigenvalue weighted by molar-refractivity contribution is 0.818. The second-order valence-corrected chi connectivity index (χ2v) is 7.21. The highest BCUT2D eigenvalue weighted by Crippen LogP contribution is 2.50. The predicted octanol–water partition coefficient (Wildman–Crippen LogP) is 4.91. The van der Waals surface area contributed by atoms with Crippen molar-refractivity contribution in [3.05, 3.63) is 90.8 Å². The van der Waals surface area contributed by atoms with Gasteiger partial charge in [0.1, 0.15) is 5.82 Å². The molecule has 1 unspecified atom stereocenters. The fourth-order valence-corrected chi connectivity index (χ4v) is 4.34. The lowest BCUT2D eigenvalue weighted by atomic mass is 9.79. The van der Waals surface area contributed by atoms with Gasteiger partial charge in [-0.25, -0.2) is 4.98 Å². The summed E-state index contributed by atoms with van der Waals surface area (Å²) in [5, 5.41) is 0. The second-order valence-electron chi connectivity index (χ2n) is 7.21. The monoisotopic (exact) mass is 375 g/mol. The van der Waals surface area contributed by atoms with E-state index in [-0.39, 0.29) is 5.92 Å². The number of fused-ring (bicyclic) bond motifs is 6. The molecular formula is C24H17N5. The first kappa shape index (κ1) is 16.1. The van der Waals surface area contributed by atoms with Crippen LogP contribution in [-0.2, 0) is 0 Å². The average molecular weight is 375 g/mol. The summed E-state index contributed by atoms with van der Waals surface area (Å²) in [7, 11) is 0. The van der Waals surface area contributed by atoms with Crippen molar-refractivity contribution in [2.24, 2.45) is 4.99 Å². The number of allylic oxidation sites excluding steroid dienone is 1. The molecule has 5 heteroatoms. The van der Waals surface area contributed by atoms with Gasteiger partial charge in [0.15, 0.2) is 0 Å². The summed E-state index contributed by atoms with van der Waals surface area (Å²) < 4.78 is 2.26. The molecule has 0 saturated heterocycles. The Kier molecular flexibility index (Phi) is 3.53. The van der Waals surface area contributed by atoms with Crippen molar-refractivity contribution in [1.29, 1.82) is 0 Å². The summed E-state index contributed by atoms with van der Waals surface area (Å²) in [4.78, 5) is 18.4. The number of nitrogens with zero attached hydrogens (tertiary/aromatic N) is 5. The topological polar surface area (TPSA) is 56.0 Å². The van der Waals surface area contributed by atoms with Gasteiger partial charge in [0.2, 0.25) is 0 Å². The molecule has 4 heterocycles. The highest BCUT2D eigenvalue weighted by Gasteiger charge is 2.36. The van der Waals surface area contributed by atoms with Gasteiger partial charge in [-0.05, 0) is 30.2 Å². The number of aromatic nitrogens is 4. The van der Waals surface area contributed by atoms with Gasteiger partial charge in [-0.1, -0.05) is 30.3 Å². The van der Waals surface area contributed by atoms with E-state index in [0.717, 1.165) is 40.3 Å². The molecule has 1 aliphatic carbocycles. The molecule has 3 aromatic heterocycles. The van der Waals surface area contributed by atoms with Crippen LogP contribution in [0, 0.1) is 0 Å². The fourth-order valence-electron chi connectivity index (χ4n) is 4.34. The van der Waals surface area contributed by atoms with Crippen LogP contribution >= 0.6 is 0 Å². The Hall–Kier alpha value is -3.86. The van der Waals surface area contributed by atoms with E-state index >= 15 is 0 Å². The molecule has 1 aromatic carbocycles. The van der Waals surface area contributed by atoms with Crippen molar-refractivity contribution < 1.29 is 0 Å². The molecule has 1 atom stereocenters. The average Bonchev–Trinajstić information content (AvgIpc) is 3.22. The zero-order valence-corrected chi connectivity index (χ0v) is 15.6. The van der Waals surface area contributed by atoms with Gasteiger partial charge in [0.25, 0.3) is 0 Å². The SMILES string of the molecule is C1=NC=C2c3cnccc3-c3nc(-c4ccccc4)n(-c4cccnc4)c3C2C1. The summed E-state index contributed by atoms with van der Waals surface area (Å²) in [6.07, 6.45) is 12.3. The Labute approximate surface area is 168 Å². The molecule has 138 valence electrons. The van der Waals surface area contributed by atoms with E-state index in [0.29, 0.717) is 0 Å². The Morgan fingerprint density at radius 3 is 2.62 bits per heavy atom. The molecule has 0 N–H and O–H groups in total. The van der Waals surface area contributed by atoms with Crippen LogP contribution in [0.3, 0.4) is 0 Å². The molecule has 29 heavy (non-hydrogen) atoms. The Morgan fingerprint density at radius 1 is 0.862 bits per heavy atom. The number of hydrogen-bond donors (Lipinski definition) is 0. The Balaban J connectivity index is 1.73. The number of benzene rings is 1. The van der Waals surface area contributed by atoms with Crippen molar-refractivity contribution in [1.82, 2.24) is 19.5 Å². The standard InChI is InChI=1S/C24H17N5/c1-2-5-16(6-3-1)24-28-22-18-8-11-26-14-20(18)21-15-27-12-9-19(21)23(22)29(24)17-7-4-10-25-13-17/h1-8,10-15,19H,9H2. The maximum Gasteiger partial charge on any atom is 0.145 e. The third-order valence-electron chi connectivity index (χ3n) is 5.60. The second kappa shape index (κ2) is 6.34. The lowest BCUT2D eigenvalue weighted by Gasteiger charge is -2.29. The lowest BCUT2D eigenvalue weighted by Crippen LogP contribution is -2.17. The van der Waals surface area contributed by atoms with E-state index in [1.807, 2.05) is 55.3 Å². The van der Waals surface area contributed by atoms with Crippen LogP contribution in [0.4, 0.5) is 0 Å². The first-order valence-electron chi connectivity index (χ1n) is 9.67. The molecule has 0 amide bonds. The van der Waals surface area contributed by atoms with E-state index in [1.165, 1.54) is 11.3 Å². The summed E-state index contributed by atoms with van der Waals surface area (Å²) in [6, 6.07) is 16.4. The molecule has 4 aromatic rings. The maximum atomic E-state index is 5.17. The highest BCUT2D eigenvalue weighted by atomic mass is 15.1. The number of imidazole rings is 1. The molecular weight excluding hydrogens is 358 g/mol. The maximum absolute atomic E-state index is 5.17. The summed E-state index contributed by atoms with van der Waals surface area (Å²) in [5.74, 6) is 1.11. The number of pyridine rings is 2. The van der Waals surface area contributed by atoms with Crippen LogP contribution in [0.5, 0.6) is 0 Å². The van der Waals surface area contributed by atoms with Crippen LogP contribution in [0.15, 0.2) is 84.5 Å². The first-order chi connectivity index (χ1) is 14.4. The number of hydrogen-bond acceptors (Lipinski definition) is 4. The zero-order chi connectivity index (χ0) is 19.2. The summed E-state index contributed by atoms with van der Waals surface area (Å²) >= 11 is 0. The van der Waals surface area contributed by atoms with Crippen LogP contribution in [-0.4, -0.2) is 25.7 Å². The molecule has 2 aliphatic rings. The van der Waals surface area contributed by atoms with Crippen molar-refractivity contribution in [3.63, 3.8) is 0 Å². The van der Waals surface area contributed by atoms with Gasteiger partial charge >= 0.3 is 0 Å². The van der Waals surface area contributed by atoms with E-state index in [4.69, 9.17) is 4.98 Å². The van der Waals surface area contributed by atoms with Crippen molar-refractivity contribution in [2.45, 2.75) is 12.3 Å². The number of aliphatic imine (C=N–C) groups is 1. The third kappa shape index (κ3) is 2.41. The van der Waals surface area contributed by atoms with Crippen LogP contribution in [0.25, 0.3) is 33.9 Å². The molecule has 6 rings (SSSR count). The van der Waals surface area contributed by atoms with E-state index < -0.39 is 0 Å². The molecule has 0 saturated carbocycles. The van der Waals surface area contributed by atoms with Crippen molar-refractivity contribution in [2.75, 3.05) is 0 Å². The third-order valence-corrected chi connectivity index (χ3v) is 5.60. The van der Waals surface area contributed by atoms with Crippen LogP contribution in [0.2, 0.25) is 0 Å². The number of rotatable bonds is 2. The van der Waals surface area contributed by atoms with Gasteiger partial charge in [0.05, 0.1) is 23.3 Å². The van der Waals surface area contributed by atoms with Gasteiger partial charge in [-0.3, -0.25) is 19.5 Å². The fraction of sp³-hybridized carbons (Fsp3) is 0.0833.